The lowest BCUT2D eigenvalue weighted by molar-refractivity contribution is 0.0697. The average molecular weight is 180 g/mol. The molecule has 2 bridgehead atoms. The molecular formula is C12H20O. The van der Waals surface area contributed by atoms with E-state index in [0.29, 0.717) is 0 Å². The van der Waals surface area contributed by atoms with Crippen LogP contribution in [0.4, 0.5) is 0 Å². The van der Waals surface area contributed by atoms with Crippen LogP contribution in [0.5, 0.6) is 0 Å². The number of fused-ring (bicyclic) bond motifs is 2. The maximum atomic E-state index is 9.89. The number of aliphatic hydroxyl groups is 1. The second-order valence-corrected chi connectivity index (χ2v) is 5.20. The van der Waals surface area contributed by atoms with Crippen LogP contribution in [0.15, 0.2) is 12.7 Å². The highest BCUT2D eigenvalue weighted by molar-refractivity contribution is 4.98. The Morgan fingerprint density at radius 3 is 2.69 bits per heavy atom. The second-order valence-electron chi connectivity index (χ2n) is 5.20. The summed E-state index contributed by atoms with van der Waals surface area (Å²) in [6.45, 7) is 5.57. The lowest BCUT2D eigenvalue weighted by atomic mass is 9.81. The molecule has 0 aromatic heterocycles. The van der Waals surface area contributed by atoms with Crippen LogP contribution in [0.2, 0.25) is 0 Å². The van der Waals surface area contributed by atoms with E-state index >= 15 is 0 Å². The topological polar surface area (TPSA) is 20.2 Å². The molecule has 0 amide bonds. The van der Waals surface area contributed by atoms with E-state index in [9.17, 15) is 5.11 Å². The van der Waals surface area contributed by atoms with Crippen molar-refractivity contribution in [1.29, 1.82) is 0 Å². The van der Waals surface area contributed by atoms with Crippen LogP contribution in [-0.2, 0) is 0 Å². The first kappa shape index (κ1) is 9.26. The van der Waals surface area contributed by atoms with Gasteiger partial charge in [-0.3, -0.25) is 0 Å². The molecule has 0 aromatic rings. The molecule has 1 N–H and O–H groups in total. The van der Waals surface area contributed by atoms with Gasteiger partial charge in [0.2, 0.25) is 0 Å². The largest absolute Gasteiger partial charge is 0.386 e. The summed E-state index contributed by atoms with van der Waals surface area (Å²) in [5.74, 6) is 2.67. The van der Waals surface area contributed by atoms with Gasteiger partial charge in [0, 0.05) is 0 Å². The van der Waals surface area contributed by atoms with Crippen molar-refractivity contribution >= 4 is 0 Å². The van der Waals surface area contributed by atoms with E-state index in [2.05, 4.69) is 6.58 Å². The first-order valence-electron chi connectivity index (χ1n) is 5.47. The summed E-state index contributed by atoms with van der Waals surface area (Å²) in [5, 5.41) is 9.89. The molecule has 2 fully saturated rings. The third-order valence-corrected chi connectivity index (χ3v) is 4.00. The predicted molar refractivity (Wildman–Crippen MR) is 54.4 cm³/mol. The Kier molecular flexibility index (Phi) is 2.23. The normalized spacial score (nSPS) is 41.8. The van der Waals surface area contributed by atoms with Crippen molar-refractivity contribution in [3.05, 3.63) is 12.7 Å². The minimum Gasteiger partial charge on any atom is -0.386 e. The quantitative estimate of drug-likeness (QED) is 0.662. The van der Waals surface area contributed by atoms with Crippen LogP contribution < -0.4 is 0 Å². The van der Waals surface area contributed by atoms with E-state index in [-0.39, 0.29) is 0 Å². The van der Waals surface area contributed by atoms with Crippen LogP contribution in [-0.4, -0.2) is 10.7 Å². The van der Waals surface area contributed by atoms with Crippen molar-refractivity contribution in [2.24, 2.45) is 17.8 Å². The fourth-order valence-corrected chi connectivity index (χ4v) is 3.24. The highest BCUT2D eigenvalue weighted by atomic mass is 16.3. The molecule has 2 rings (SSSR count). The molecule has 0 heterocycles. The lowest BCUT2D eigenvalue weighted by Crippen LogP contribution is -2.27. The summed E-state index contributed by atoms with van der Waals surface area (Å²) >= 11 is 0. The average Bonchev–Trinajstić information content (AvgIpc) is 2.64. The molecule has 0 spiro atoms. The van der Waals surface area contributed by atoms with Crippen LogP contribution in [0, 0.1) is 17.8 Å². The van der Waals surface area contributed by atoms with Crippen LogP contribution in [0.1, 0.15) is 39.0 Å². The molecule has 1 nitrogen and oxygen atoms in total. The molecule has 13 heavy (non-hydrogen) atoms. The zero-order valence-electron chi connectivity index (χ0n) is 8.50. The summed E-state index contributed by atoms with van der Waals surface area (Å²) in [4.78, 5) is 0. The Bertz CT molecular complexity index is 207. The Morgan fingerprint density at radius 1 is 1.46 bits per heavy atom. The van der Waals surface area contributed by atoms with Gasteiger partial charge in [0.05, 0.1) is 5.60 Å². The molecule has 2 saturated carbocycles. The zero-order chi connectivity index (χ0) is 9.47. The molecule has 0 radical (unpaired) electrons. The number of hydrogen-bond acceptors (Lipinski definition) is 1. The molecule has 0 aliphatic heterocycles. The number of hydrogen-bond donors (Lipinski definition) is 1. The van der Waals surface area contributed by atoms with E-state index < -0.39 is 5.60 Å². The summed E-state index contributed by atoms with van der Waals surface area (Å²) in [7, 11) is 0. The van der Waals surface area contributed by atoms with E-state index in [1.165, 1.54) is 25.7 Å². The zero-order valence-corrected chi connectivity index (χ0v) is 8.50. The third kappa shape index (κ3) is 1.80. The molecule has 1 heteroatoms. The van der Waals surface area contributed by atoms with Gasteiger partial charge in [-0.2, -0.15) is 0 Å². The highest BCUT2D eigenvalue weighted by Gasteiger charge is 2.41. The first-order chi connectivity index (χ1) is 6.11. The van der Waals surface area contributed by atoms with Crippen LogP contribution >= 0.6 is 0 Å². The fourth-order valence-electron chi connectivity index (χ4n) is 3.24. The van der Waals surface area contributed by atoms with Gasteiger partial charge >= 0.3 is 0 Å². The third-order valence-electron chi connectivity index (χ3n) is 4.00. The standard InChI is InChI=1S/C12H20O/c1-3-12(2,13)8-11-7-9-4-5-10(11)6-9/h3,9-11,13H,1,4-8H2,2H3/t9-,10-,11+,12+/m0/s1. The molecule has 0 saturated heterocycles. The van der Waals surface area contributed by atoms with Gasteiger partial charge in [-0.1, -0.05) is 12.5 Å². The molecule has 4 atom stereocenters. The van der Waals surface area contributed by atoms with Gasteiger partial charge in [0.1, 0.15) is 0 Å². The summed E-state index contributed by atoms with van der Waals surface area (Å²) in [6.07, 6.45) is 8.25. The van der Waals surface area contributed by atoms with Crippen molar-refractivity contribution in [3.63, 3.8) is 0 Å². The van der Waals surface area contributed by atoms with Gasteiger partial charge in [-0.25, -0.2) is 0 Å². The Labute approximate surface area is 80.8 Å². The Morgan fingerprint density at radius 2 is 2.23 bits per heavy atom. The van der Waals surface area contributed by atoms with Gasteiger partial charge in [-0.15, -0.1) is 6.58 Å². The van der Waals surface area contributed by atoms with Gasteiger partial charge < -0.3 is 5.11 Å². The molecule has 0 aromatic carbocycles. The lowest BCUT2D eigenvalue weighted by Gasteiger charge is -2.28. The predicted octanol–water partition coefficient (Wildman–Crippen LogP) is 2.75. The van der Waals surface area contributed by atoms with E-state index in [4.69, 9.17) is 0 Å². The van der Waals surface area contributed by atoms with E-state index in [1.807, 2.05) is 6.92 Å². The summed E-state index contributed by atoms with van der Waals surface area (Å²) in [6, 6.07) is 0. The van der Waals surface area contributed by atoms with Crippen LogP contribution in [0.25, 0.3) is 0 Å². The first-order valence-corrected chi connectivity index (χ1v) is 5.47. The summed E-state index contributed by atoms with van der Waals surface area (Å²) < 4.78 is 0. The maximum Gasteiger partial charge on any atom is 0.0799 e. The Balaban J connectivity index is 1.93. The molecular weight excluding hydrogens is 160 g/mol. The van der Waals surface area contributed by atoms with Gasteiger partial charge in [0.15, 0.2) is 0 Å². The van der Waals surface area contributed by atoms with Crippen molar-refractivity contribution < 1.29 is 5.11 Å². The van der Waals surface area contributed by atoms with Gasteiger partial charge in [-0.05, 0) is 50.4 Å². The molecule has 2 aliphatic carbocycles. The number of rotatable bonds is 3. The minimum atomic E-state index is -0.630. The van der Waals surface area contributed by atoms with E-state index in [0.717, 1.165) is 24.2 Å². The SMILES string of the molecule is C=C[C@@](C)(O)C[C@H]1C[C@H]2CC[C@H]1C2. The monoisotopic (exact) mass is 180 g/mol. The summed E-state index contributed by atoms with van der Waals surface area (Å²) in [5.41, 5.74) is -0.630. The highest BCUT2D eigenvalue weighted by Crippen LogP contribution is 2.50. The minimum absolute atomic E-state index is 0.630. The van der Waals surface area contributed by atoms with Crippen molar-refractivity contribution in [2.75, 3.05) is 0 Å². The Hall–Kier alpha value is -0.300. The molecule has 2 aliphatic rings. The van der Waals surface area contributed by atoms with Crippen molar-refractivity contribution in [1.82, 2.24) is 0 Å². The van der Waals surface area contributed by atoms with E-state index in [1.54, 1.807) is 6.08 Å². The maximum absolute atomic E-state index is 9.89. The van der Waals surface area contributed by atoms with Gasteiger partial charge in [0.25, 0.3) is 0 Å². The smallest absolute Gasteiger partial charge is 0.0799 e. The van der Waals surface area contributed by atoms with Crippen molar-refractivity contribution in [2.45, 2.75) is 44.6 Å². The molecule has 74 valence electrons. The van der Waals surface area contributed by atoms with Crippen LogP contribution in [0.3, 0.4) is 0 Å². The molecule has 0 unspecified atom stereocenters. The fraction of sp³-hybridized carbons (Fsp3) is 0.833. The van der Waals surface area contributed by atoms with Crippen molar-refractivity contribution in [3.8, 4) is 0 Å². The second kappa shape index (κ2) is 3.13.